The van der Waals surface area contributed by atoms with Crippen LogP contribution in [0.4, 0.5) is 0 Å². The lowest BCUT2D eigenvalue weighted by atomic mass is 9.85. The van der Waals surface area contributed by atoms with E-state index in [1.54, 1.807) is 37.4 Å². The molecule has 0 aliphatic carbocycles. The molecular formula is C51H64O9SSi. The van der Waals surface area contributed by atoms with E-state index in [0.29, 0.717) is 19.4 Å². The summed E-state index contributed by atoms with van der Waals surface area (Å²) in [4.78, 5) is 0.110. The van der Waals surface area contributed by atoms with Crippen molar-refractivity contribution in [3.63, 3.8) is 0 Å². The zero-order valence-corrected chi connectivity index (χ0v) is 38.6. The molecular weight excluding hydrogens is 817 g/mol. The van der Waals surface area contributed by atoms with Crippen molar-refractivity contribution in [2.24, 2.45) is 5.92 Å². The van der Waals surface area contributed by atoms with Gasteiger partial charge in [0, 0.05) is 26.6 Å². The Kier molecular flexibility index (Phi) is 15.6. The van der Waals surface area contributed by atoms with E-state index in [1.165, 1.54) is 0 Å². The van der Waals surface area contributed by atoms with Crippen LogP contribution in [-0.2, 0) is 44.6 Å². The van der Waals surface area contributed by atoms with Crippen molar-refractivity contribution in [2.45, 2.75) is 137 Å². The van der Waals surface area contributed by atoms with E-state index in [9.17, 15) is 13.5 Å². The fourth-order valence-corrected chi connectivity index (χ4v) is 15.7. The molecule has 1 N–H and O–H groups in total. The molecule has 3 aliphatic heterocycles. The monoisotopic (exact) mass is 880 g/mol. The van der Waals surface area contributed by atoms with Crippen LogP contribution >= 0.6 is 0 Å². The summed E-state index contributed by atoms with van der Waals surface area (Å²) in [6, 6.07) is 39.2. The minimum absolute atomic E-state index is 0.00687. The van der Waals surface area contributed by atoms with Gasteiger partial charge >= 0.3 is 0 Å². The van der Waals surface area contributed by atoms with Crippen molar-refractivity contribution in [2.75, 3.05) is 20.3 Å². The molecule has 3 saturated heterocycles. The molecule has 3 aliphatic rings. The Bertz CT molecular complexity index is 2120. The first-order valence-electron chi connectivity index (χ1n) is 22.2. The fourth-order valence-electron chi connectivity index (χ4n) is 9.50. The van der Waals surface area contributed by atoms with E-state index in [0.717, 1.165) is 41.8 Å². The van der Waals surface area contributed by atoms with E-state index in [2.05, 4.69) is 88.1 Å². The number of benzene rings is 4. The van der Waals surface area contributed by atoms with Crippen LogP contribution in [-0.4, -0.2) is 96.2 Å². The topological polar surface area (TPSA) is 110 Å². The fraction of sp³-hybridized carbons (Fsp3) is 0.490. The predicted molar refractivity (Wildman–Crippen MR) is 245 cm³/mol. The normalized spacial score (nSPS) is 26.0. The number of aliphatic hydroxyl groups is 1. The summed E-state index contributed by atoms with van der Waals surface area (Å²) < 4.78 is 68.8. The van der Waals surface area contributed by atoms with Gasteiger partial charge in [0.1, 0.15) is 12.2 Å². The molecule has 332 valence electrons. The number of ether oxygens (including phenoxy) is 5. The molecule has 0 spiro atoms. The van der Waals surface area contributed by atoms with Crippen LogP contribution in [0.15, 0.2) is 126 Å². The summed E-state index contributed by atoms with van der Waals surface area (Å²) in [5.74, 6) is 6.58. The van der Waals surface area contributed by atoms with Gasteiger partial charge in [0.25, 0.3) is 8.32 Å². The number of rotatable bonds is 14. The Morgan fingerprint density at radius 3 is 1.97 bits per heavy atom. The molecule has 3 fully saturated rings. The first-order chi connectivity index (χ1) is 29.9. The molecule has 10 atom stereocenters. The largest absolute Gasteiger partial charge is 0.405 e. The average Bonchev–Trinajstić information content (AvgIpc) is 3.27. The highest BCUT2D eigenvalue weighted by Gasteiger charge is 2.51. The van der Waals surface area contributed by atoms with E-state index in [1.807, 2.05) is 42.5 Å². The number of methoxy groups -OCH3 is 1. The molecule has 4 aromatic carbocycles. The van der Waals surface area contributed by atoms with Crippen LogP contribution in [0.5, 0.6) is 0 Å². The molecule has 1 unspecified atom stereocenters. The average molecular weight is 881 g/mol. The third kappa shape index (κ3) is 10.8. The third-order valence-electron chi connectivity index (χ3n) is 12.7. The summed E-state index contributed by atoms with van der Waals surface area (Å²) in [5.41, 5.74) is 1.01. The van der Waals surface area contributed by atoms with Crippen LogP contribution in [0, 0.1) is 17.8 Å². The van der Waals surface area contributed by atoms with Crippen LogP contribution in [0.2, 0.25) is 5.04 Å². The minimum atomic E-state index is -4.13. The van der Waals surface area contributed by atoms with Gasteiger partial charge in [0.15, 0.2) is 15.1 Å². The molecule has 3 heterocycles. The van der Waals surface area contributed by atoms with Crippen molar-refractivity contribution < 1.29 is 41.6 Å². The second kappa shape index (κ2) is 20.9. The van der Waals surface area contributed by atoms with Crippen molar-refractivity contribution in [3.05, 3.63) is 127 Å². The van der Waals surface area contributed by atoms with Crippen molar-refractivity contribution >= 4 is 28.5 Å². The van der Waals surface area contributed by atoms with Crippen molar-refractivity contribution in [1.82, 2.24) is 0 Å². The summed E-state index contributed by atoms with van der Waals surface area (Å²) in [5, 5.41) is 12.5. The molecule has 0 amide bonds. The molecule has 4 aromatic rings. The maximum absolute atomic E-state index is 14.6. The first-order valence-corrected chi connectivity index (χ1v) is 25.7. The van der Waals surface area contributed by atoms with Gasteiger partial charge in [0.2, 0.25) is 0 Å². The highest BCUT2D eigenvalue weighted by atomic mass is 32.2. The Morgan fingerprint density at radius 1 is 0.774 bits per heavy atom. The number of aliphatic hydroxyl groups excluding tert-OH is 1. The summed E-state index contributed by atoms with van der Waals surface area (Å²) in [6.07, 6.45) is -0.576. The summed E-state index contributed by atoms with van der Waals surface area (Å²) >= 11 is 0. The van der Waals surface area contributed by atoms with E-state index < -0.39 is 60.0 Å². The zero-order valence-electron chi connectivity index (χ0n) is 36.8. The lowest BCUT2D eigenvalue weighted by Crippen LogP contribution is -2.67. The van der Waals surface area contributed by atoms with Gasteiger partial charge in [-0.05, 0) is 64.7 Å². The highest BCUT2D eigenvalue weighted by Crippen LogP contribution is 2.39. The quantitative estimate of drug-likeness (QED) is 0.103. The lowest BCUT2D eigenvalue weighted by molar-refractivity contribution is -0.230. The minimum Gasteiger partial charge on any atom is -0.405 e. The van der Waals surface area contributed by atoms with Gasteiger partial charge in [-0.2, -0.15) is 0 Å². The summed E-state index contributed by atoms with van der Waals surface area (Å²) in [6.45, 7) is 10.2. The molecule has 0 aromatic heterocycles. The molecule has 7 rings (SSSR count). The van der Waals surface area contributed by atoms with Gasteiger partial charge in [-0.3, -0.25) is 0 Å². The first kappa shape index (κ1) is 46.3. The Labute approximate surface area is 370 Å². The van der Waals surface area contributed by atoms with E-state index in [-0.39, 0.29) is 41.1 Å². The number of sulfone groups is 1. The molecule has 9 nitrogen and oxygen atoms in total. The molecule has 62 heavy (non-hydrogen) atoms. The van der Waals surface area contributed by atoms with Crippen LogP contribution in [0.1, 0.15) is 71.8 Å². The zero-order chi connectivity index (χ0) is 43.7. The lowest BCUT2D eigenvalue weighted by Gasteiger charge is -2.46. The maximum Gasteiger partial charge on any atom is 0.261 e. The van der Waals surface area contributed by atoms with Crippen LogP contribution in [0.3, 0.4) is 0 Å². The molecule has 0 saturated carbocycles. The Hall–Kier alpha value is -3.67. The number of fused-ring (bicyclic) bond motifs is 2. The van der Waals surface area contributed by atoms with Crippen molar-refractivity contribution in [3.8, 4) is 11.8 Å². The predicted octanol–water partition coefficient (Wildman–Crippen LogP) is 7.28. The van der Waals surface area contributed by atoms with Gasteiger partial charge in [-0.1, -0.05) is 149 Å². The second-order valence-electron chi connectivity index (χ2n) is 18.2. The van der Waals surface area contributed by atoms with Gasteiger partial charge in [-0.25, -0.2) is 8.42 Å². The smallest absolute Gasteiger partial charge is 0.261 e. The maximum atomic E-state index is 14.6. The van der Waals surface area contributed by atoms with Crippen molar-refractivity contribution in [1.29, 1.82) is 0 Å². The van der Waals surface area contributed by atoms with E-state index >= 15 is 0 Å². The molecule has 0 bridgehead atoms. The second-order valence-corrected chi connectivity index (χ2v) is 24.6. The SMILES string of the molecule is COC(C#C[C@@H]([C@H]1O[C@H]2C[C@@H](C)C[C@H]3OCCC[C@@H]3O[C@@H]2C[C@@H]1O)S(=O)(=O)c1ccccc1)C[C@@H](CO[Si](c1ccccc1)(c1ccccc1)C(C)(C)C)OCc1ccccc1. The van der Waals surface area contributed by atoms with Crippen LogP contribution in [0.25, 0.3) is 0 Å². The third-order valence-corrected chi connectivity index (χ3v) is 19.7. The standard InChI is InChI=1S/C51H64O9SSi/c1-37-31-46-45(27-18-30-56-46)59-48-34-44(52)50(60-47(48)32-37)49(61(53,54)41-21-12-7-13-22-41)29-28-39(55-5)33-40(57-35-38-19-10-6-11-20-38)36-58-62(51(2,3)4,42-23-14-8-15-24-42)43-25-16-9-17-26-43/h6-17,19-26,37,39-40,44-50,52H,18,27,30-36H2,1-5H3/t37-,39?,40-,44-,45-,46+,47-,48+,49-,50-/m0/s1. The summed E-state index contributed by atoms with van der Waals surface area (Å²) in [7, 11) is -5.50. The van der Waals surface area contributed by atoms with Crippen LogP contribution < -0.4 is 10.4 Å². The molecule has 11 heteroatoms. The van der Waals surface area contributed by atoms with Gasteiger partial charge in [0.05, 0.1) is 54.7 Å². The Balaban J connectivity index is 1.20. The highest BCUT2D eigenvalue weighted by molar-refractivity contribution is 7.92. The number of hydrogen-bond acceptors (Lipinski definition) is 9. The van der Waals surface area contributed by atoms with E-state index in [4.69, 9.17) is 28.1 Å². The van der Waals surface area contributed by atoms with Gasteiger partial charge in [-0.15, -0.1) is 0 Å². The number of hydrogen-bond donors (Lipinski definition) is 1. The molecule has 0 radical (unpaired) electrons. The van der Waals surface area contributed by atoms with Gasteiger partial charge < -0.3 is 33.2 Å². The Morgan fingerprint density at radius 2 is 1.35 bits per heavy atom.